The molecule has 1 aliphatic heterocycles. The summed E-state index contributed by atoms with van der Waals surface area (Å²) in [5.74, 6) is 0.444. The van der Waals surface area contributed by atoms with Gasteiger partial charge in [0.1, 0.15) is 23.1 Å². The Bertz CT molecular complexity index is 1860. The van der Waals surface area contributed by atoms with Crippen LogP contribution < -0.4 is 15.0 Å². The van der Waals surface area contributed by atoms with Gasteiger partial charge in [0.2, 0.25) is 0 Å². The lowest BCUT2D eigenvalue weighted by Crippen LogP contribution is -2.43. The molecule has 0 spiro atoms. The predicted octanol–water partition coefficient (Wildman–Crippen LogP) is 6.81. The summed E-state index contributed by atoms with van der Waals surface area (Å²) in [7, 11) is 1.65. The standard InChI is InChI=1S/C37H37FN2O6/c1-21-16-24(38)17-22(2)34(21)46-31-15-10-23(37(3,4)44)18-29(31)30-20-39(5)33(41)19-32(30)45-26-13-11-25(12-14-26)40-35(42)27-8-6-7-9-28(27)36(40)43/h6-10,15-20,25-26,44H,11-14H2,1-5H3/t25-,26-. The van der Waals surface area contributed by atoms with Crippen LogP contribution in [0.15, 0.2) is 71.7 Å². The van der Waals surface area contributed by atoms with Crippen molar-refractivity contribution in [3.63, 3.8) is 0 Å². The SMILES string of the molecule is Cc1cc(F)cc(C)c1Oc1ccc(C(C)(C)O)cc1-c1cn(C)c(=O)cc1O[C@H]1CC[C@H](N2C(=O)c3ccccc3C2=O)CC1. The highest BCUT2D eigenvalue weighted by molar-refractivity contribution is 6.21. The number of benzene rings is 3. The molecule has 0 bridgehead atoms. The maximum absolute atomic E-state index is 14.1. The smallest absolute Gasteiger partial charge is 0.261 e. The van der Waals surface area contributed by atoms with Crippen molar-refractivity contribution in [2.75, 3.05) is 0 Å². The number of amides is 2. The Hall–Kier alpha value is -4.76. The summed E-state index contributed by atoms with van der Waals surface area (Å²) < 4.78 is 28.5. The minimum atomic E-state index is -1.17. The Kier molecular flexibility index (Phi) is 8.06. The van der Waals surface area contributed by atoms with E-state index in [1.807, 2.05) is 6.07 Å². The van der Waals surface area contributed by atoms with Gasteiger partial charge in [0.15, 0.2) is 0 Å². The Labute approximate surface area is 267 Å². The van der Waals surface area contributed by atoms with Crippen LogP contribution in [0.4, 0.5) is 4.39 Å². The third kappa shape index (κ3) is 5.83. The van der Waals surface area contributed by atoms with Crippen LogP contribution in [0.2, 0.25) is 0 Å². The molecule has 1 N–H and O–H groups in total. The summed E-state index contributed by atoms with van der Waals surface area (Å²) in [4.78, 5) is 40.4. The van der Waals surface area contributed by atoms with Gasteiger partial charge >= 0.3 is 0 Å². The Balaban J connectivity index is 1.31. The third-order valence-corrected chi connectivity index (χ3v) is 8.93. The molecular weight excluding hydrogens is 587 g/mol. The highest BCUT2D eigenvalue weighted by Gasteiger charge is 2.41. The molecular formula is C37H37FN2O6. The molecule has 1 saturated carbocycles. The molecule has 0 saturated heterocycles. The summed E-state index contributed by atoms with van der Waals surface area (Å²) in [5, 5.41) is 10.9. The number of carbonyl (C=O) groups is 2. The Morgan fingerprint density at radius 3 is 2.00 bits per heavy atom. The number of hydrogen-bond acceptors (Lipinski definition) is 6. The lowest BCUT2D eigenvalue weighted by Gasteiger charge is -2.34. The molecule has 46 heavy (non-hydrogen) atoms. The highest BCUT2D eigenvalue weighted by atomic mass is 19.1. The van der Waals surface area contributed by atoms with E-state index in [1.54, 1.807) is 77.3 Å². The molecule has 3 aromatic carbocycles. The number of pyridine rings is 1. The van der Waals surface area contributed by atoms with E-state index < -0.39 is 5.60 Å². The summed E-state index contributed by atoms with van der Waals surface area (Å²) >= 11 is 0. The molecule has 8 nitrogen and oxygen atoms in total. The molecule has 2 heterocycles. The van der Waals surface area contributed by atoms with Crippen LogP contribution in [-0.2, 0) is 12.6 Å². The zero-order valence-electron chi connectivity index (χ0n) is 26.6. The van der Waals surface area contributed by atoms with E-state index in [1.165, 1.54) is 27.7 Å². The predicted molar refractivity (Wildman–Crippen MR) is 172 cm³/mol. The summed E-state index contributed by atoms with van der Waals surface area (Å²) in [6.45, 7) is 6.92. The van der Waals surface area contributed by atoms with Crippen LogP contribution >= 0.6 is 0 Å². The Morgan fingerprint density at radius 2 is 1.41 bits per heavy atom. The van der Waals surface area contributed by atoms with Crippen molar-refractivity contribution in [3.8, 4) is 28.4 Å². The molecule has 1 fully saturated rings. The molecule has 0 radical (unpaired) electrons. The molecule has 1 aromatic heterocycles. The van der Waals surface area contributed by atoms with Gasteiger partial charge in [-0.25, -0.2) is 4.39 Å². The molecule has 6 rings (SSSR count). The molecule has 1 aliphatic carbocycles. The Morgan fingerprint density at radius 1 is 0.804 bits per heavy atom. The maximum Gasteiger partial charge on any atom is 0.261 e. The maximum atomic E-state index is 14.1. The van der Waals surface area contributed by atoms with E-state index in [0.29, 0.717) is 81.9 Å². The molecule has 238 valence electrons. The average Bonchev–Trinajstić information content (AvgIpc) is 3.26. The minimum Gasteiger partial charge on any atom is -0.490 e. The lowest BCUT2D eigenvalue weighted by molar-refractivity contribution is 0.0478. The molecule has 2 amide bonds. The van der Waals surface area contributed by atoms with Gasteiger partial charge in [-0.1, -0.05) is 18.2 Å². The van der Waals surface area contributed by atoms with Gasteiger partial charge in [0.05, 0.1) is 22.8 Å². The van der Waals surface area contributed by atoms with Gasteiger partial charge in [-0.2, -0.15) is 0 Å². The zero-order chi connectivity index (χ0) is 32.9. The topological polar surface area (TPSA) is 98.1 Å². The first-order valence-corrected chi connectivity index (χ1v) is 15.5. The molecule has 0 atom stereocenters. The van der Waals surface area contributed by atoms with Crippen LogP contribution in [0.1, 0.15) is 76.9 Å². The van der Waals surface area contributed by atoms with Gasteiger partial charge in [-0.15, -0.1) is 0 Å². The number of carbonyl (C=O) groups excluding carboxylic acids is 2. The number of hydrogen-bond donors (Lipinski definition) is 1. The fourth-order valence-electron chi connectivity index (χ4n) is 6.43. The van der Waals surface area contributed by atoms with Crippen LogP contribution in [-0.4, -0.2) is 38.5 Å². The summed E-state index contributed by atoms with van der Waals surface area (Å²) in [5.41, 5.74) is 2.51. The zero-order valence-corrected chi connectivity index (χ0v) is 26.6. The van der Waals surface area contributed by atoms with E-state index in [2.05, 4.69) is 0 Å². The van der Waals surface area contributed by atoms with E-state index in [9.17, 15) is 23.9 Å². The molecule has 2 aliphatic rings. The first-order valence-electron chi connectivity index (χ1n) is 15.5. The average molecular weight is 625 g/mol. The van der Waals surface area contributed by atoms with Crippen LogP contribution in [0.25, 0.3) is 11.1 Å². The first kappa shape index (κ1) is 31.2. The lowest BCUT2D eigenvalue weighted by atomic mass is 9.91. The minimum absolute atomic E-state index is 0.235. The van der Waals surface area contributed by atoms with Gasteiger partial charge in [0, 0.05) is 36.5 Å². The quantitative estimate of drug-likeness (QED) is 0.227. The third-order valence-electron chi connectivity index (χ3n) is 8.93. The number of imide groups is 1. The summed E-state index contributed by atoms with van der Waals surface area (Å²) in [6, 6.07) is 16.3. The van der Waals surface area contributed by atoms with Crippen LogP contribution in [0.3, 0.4) is 0 Å². The van der Waals surface area contributed by atoms with Crippen molar-refractivity contribution in [2.45, 2.75) is 71.1 Å². The van der Waals surface area contributed by atoms with E-state index >= 15 is 0 Å². The van der Waals surface area contributed by atoms with E-state index in [0.717, 1.165) is 0 Å². The molecule has 0 unspecified atom stereocenters. The molecule has 9 heteroatoms. The van der Waals surface area contributed by atoms with Gasteiger partial charge in [-0.3, -0.25) is 19.3 Å². The number of aromatic nitrogens is 1. The monoisotopic (exact) mass is 624 g/mol. The number of nitrogens with zero attached hydrogens (tertiary/aromatic N) is 2. The number of rotatable bonds is 7. The van der Waals surface area contributed by atoms with Crippen molar-refractivity contribution in [1.29, 1.82) is 0 Å². The number of aliphatic hydroxyl groups is 1. The van der Waals surface area contributed by atoms with Crippen LogP contribution in [0.5, 0.6) is 17.2 Å². The fraction of sp³-hybridized carbons (Fsp3) is 0.324. The molecule has 4 aromatic rings. The summed E-state index contributed by atoms with van der Waals surface area (Å²) in [6.07, 6.45) is 3.72. The van der Waals surface area contributed by atoms with E-state index in [-0.39, 0.29) is 35.3 Å². The highest BCUT2D eigenvalue weighted by Crippen LogP contribution is 2.42. The van der Waals surface area contributed by atoms with E-state index in [4.69, 9.17) is 9.47 Å². The second kappa shape index (κ2) is 11.9. The van der Waals surface area contributed by atoms with Gasteiger partial charge in [0.25, 0.3) is 17.4 Å². The second-order valence-electron chi connectivity index (χ2n) is 12.8. The fourth-order valence-corrected chi connectivity index (χ4v) is 6.43. The van der Waals surface area contributed by atoms with Crippen molar-refractivity contribution in [1.82, 2.24) is 9.47 Å². The van der Waals surface area contributed by atoms with Crippen molar-refractivity contribution in [2.24, 2.45) is 7.05 Å². The van der Waals surface area contributed by atoms with Crippen LogP contribution in [0, 0.1) is 19.7 Å². The van der Waals surface area contributed by atoms with Gasteiger partial charge in [-0.05, 0) is 106 Å². The largest absolute Gasteiger partial charge is 0.490 e. The second-order valence-corrected chi connectivity index (χ2v) is 12.8. The van der Waals surface area contributed by atoms with Crippen molar-refractivity contribution >= 4 is 11.8 Å². The number of aryl methyl sites for hydroxylation is 3. The van der Waals surface area contributed by atoms with Crippen molar-refractivity contribution in [3.05, 3.63) is 111 Å². The number of halogens is 1. The normalized spacial score (nSPS) is 18.1. The van der Waals surface area contributed by atoms with Crippen molar-refractivity contribution < 1.29 is 28.6 Å². The first-order chi connectivity index (χ1) is 21.8. The number of fused-ring (bicyclic) bond motifs is 1. The number of ether oxygens (including phenoxy) is 2. The van der Waals surface area contributed by atoms with Gasteiger partial charge < -0.3 is 19.1 Å².